The van der Waals surface area contributed by atoms with E-state index in [-0.39, 0.29) is 16.5 Å². The predicted octanol–water partition coefficient (Wildman–Crippen LogP) is 8.51. The minimum absolute atomic E-state index is 0.0758. The predicted molar refractivity (Wildman–Crippen MR) is 175 cm³/mol. The Balaban J connectivity index is 0.00000301. The van der Waals surface area contributed by atoms with Gasteiger partial charge in [-0.15, -0.1) is 0 Å². The van der Waals surface area contributed by atoms with E-state index in [4.69, 9.17) is 32.7 Å². The third-order valence-electron chi connectivity index (χ3n) is 6.42. The van der Waals surface area contributed by atoms with Crippen molar-refractivity contribution >= 4 is 40.8 Å². The fourth-order valence-corrected chi connectivity index (χ4v) is 4.45. The number of ether oxygens (including phenoxy) is 2. The van der Waals surface area contributed by atoms with Crippen molar-refractivity contribution in [2.45, 2.75) is 58.8 Å². The second-order valence-corrected chi connectivity index (χ2v) is 11.5. The summed E-state index contributed by atoms with van der Waals surface area (Å²) in [6.45, 7) is 5.35. The van der Waals surface area contributed by atoms with E-state index in [0.717, 1.165) is 60.9 Å². The molecule has 0 heterocycles. The number of carbonyl (C=O) groups excluding carboxylic acids is 2. The molecule has 0 bridgehead atoms. The molecule has 0 saturated heterocycles. The number of amides is 1. The molecule has 6 nitrogen and oxygen atoms in total. The van der Waals surface area contributed by atoms with Gasteiger partial charge in [0.05, 0.1) is 44.8 Å². The van der Waals surface area contributed by atoms with Crippen molar-refractivity contribution in [1.29, 1.82) is 0 Å². The first-order valence-electron chi connectivity index (χ1n) is 14.7. The van der Waals surface area contributed by atoms with E-state index < -0.39 is 5.97 Å². The number of hydrogen-bond donors (Lipinski definition) is 1. The van der Waals surface area contributed by atoms with Gasteiger partial charge in [0.2, 0.25) is 5.91 Å². The first-order valence-corrected chi connectivity index (χ1v) is 15.4. The summed E-state index contributed by atoms with van der Waals surface area (Å²) in [4.78, 5) is 24.6. The maximum absolute atomic E-state index is 12.3. The number of halogens is 2. The van der Waals surface area contributed by atoms with Crippen LogP contribution in [-0.2, 0) is 11.2 Å². The van der Waals surface area contributed by atoms with Crippen LogP contribution in [0.1, 0.15) is 68.3 Å². The second-order valence-electron chi connectivity index (χ2n) is 10.7. The van der Waals surface area contributed by atoms with E-state index in [2.05, 4.69) is 38.6 Å². The number of carbonyl (C=O) groups is 2. The minimum atomic E-state index is -0.565. The molecule has 0 fully saturated rings. The van der Waals surface area contributed by atoms with Crippen LogP contribution in [0, 0.1) is 0 Å². The SMILES string of the molecule is CC.C[N+](C)(C)c1ccc(CC(=O)NCCCCCCCCOc2ccc(OC(=O)c3cc(Cl)ccc3Cl)cc2)cc1. The van der Waals surface area contributed by atoms with Crippen molar-refractivity contribution in [1.82, 2.24) is 9.80 Å². The first kappa shape index (κ1) is 35.1. The lowest BCUT2D eigenvalue weighted by atomic mass is 10.1. The quantitative estimate of drug-likeness (QED) is 0.0805. The van der Waals surface area contributed by atoms with E-state index in [1.54, 1.807) is 36.4 Å². The summed E-state index contributed by atoms with van der Waals surface area (Å²) in [5.41, 5.74) is 2.47. The monoisotopic (exact) mass is 615 g/mol. The third kappa shape index (κ3) is 12.8. The summed E-state index contributed by atoms with van der Waals surface area (Å²) in [7, 11) is 6.38. The van der Waals surface area contributed by atoms with Crippen LogP contribution in [-0.4, -0.2) is 46.2 Å². The van der Waals surface area contributed by atoms with Gasteiger partial charge in [-0.05, 0) is 73.0 Å². The molecule has 42 heavy (non-hydrogen) atoms. The Kier molecular flexibility index (Phi) is 15.5. The number of unbranched alkanes of at least 4 members (excludes halogenated alkanes) is 5. The summed E-state index contributed by atoms with van der Waals surface area (Å²) in [6, 6.07) is 19.8. The number of nitrogens with zero attached hydrogens (tertiary/aromatic N) is 1. The van der Waals surface area contributed by atoms with E-state index in [0.29, 0.717) is 23.8 Å². The second kappa shape index (κ2) is 18.5. The summed E-state index contributed by atoms with van der Waals surface area (Å²) >= 11 is 12.0. The molecule has 0 aliphatic rings. The molecule has 1 N–H and O–H groups in total. The van der Waals surface area contributed by atoms with Gasteiger partial charge in [0.25, 0.3) is 0 Å². The van der Waals surface area contributed by atoms with Gasteiger partial charge in [-0.2, -0.15) is 0 Å². The van der Waals surface area contributed by atoms with E-state index in [1.807, 2.05) is 26.0 Å². The molecule has 0 aliphatic heterocycles. The molecule has 0 spiro atoms. The maximum atomic E-state index is 12.3. The van der Waals surface area contributed by atoms with Crippen LogP contribution in [0.2, 0.25) is 10.0 Å². The highest BCUT2D eigenvalue weighted by Gasteiger charge is 2.14. The number of hydrogen-bond acceptors (Lipinski definition) is 4. The first-order chi connectivity index (χ1) is 20.1. The van der Waals surface area contributed by atoms with Gasteiger partial charge >= 0.3 is 5.97 Å². The van der Waals surface area contributed by atoms with Gasteiger partial charge in [0, 0.05) is 11.6 Å². The minimum Gasteiger partial charge on any atom is -0.494 e. The molecule has 228 valence electrons. The Bertz CT molecular complexity index is 1240. The van der Waals surface area contributed by atoms with E-state index in [9.17, 15) is 9.59 Å². The molecule has 3 aromatic carbocycles. The number of benzene rings is 3. The van der Waals surface area contributed by atoms with Crippen molar-refractivity contribution in [3.8, 4) is 11.5 Å². The Morgan fingerprint density at radius 2 is 1.36 bits per heavy atom. The zero-order valence-electron chi connectivity index (χ0n) is 25.6. The fourth-order valence-electron chi connectivity index (χ4n) is 4.08. The number of nitrogens with one attached hydrogen (secondary N) is 1. The topological polar surface area (TPSA) is 64.6 Å². The van der Waals surface area contributed by atoms with Crippen molar-refractivity contribution in [3.63, 3.8) is 0 Å². The van der Waals surface area contributed by atoms with Gasteiger partial charge in [0.1, 0.15) is 17.2 Å². The highest BCUT2D eigenvalue weighted by molar-refractivity contribution is 6.35. The average Bonchev–Trinajstić information content (AvgIpc) is 2.97. The molecule has 3 rings (SSSR count). The van der Waals surface area contributed by atoms with Crippen LogP contribution < -0.4 is 19.3 Å². The van der Waals surface area contributed by atoms with Crippen molar-refractivity contribution in [3.05, 3.63) is 87.9 Å². The van der Waals surface area contributed by atoms with Crippen molar-refractivity contribution < 1.29 is 19.1 Å². The number of rotatable bonds is 15. The van der Waals surface area contributed by atoms with Crippen LogP contribution in [0.3, 0.4) is 0 Å². The molecule has 0 saturated carbocycles. The lowest BCUT2D eigenvalue weighted by Gasteiger charge is -2.23. The van der Waals surface area contributed by atoms with Crippen LogP contribution in [0.5, 0.6) is 11.5 Å². The Labute approximate surface area is 261 Å². The normalized spacial score (nSPS) is 10.8. The van der Waals surface area contributed by atoms with Gasteiger partial charge in [-0.3, -0.25) is 9.28 Å². The van der Waals surface area contributed by atoms with E-state index in [1.165, 1.54) is 11.8 Å². The zero-order chi connectivity index (χ0) is 31.0. The molecule has 0 radical (unpaired) electrons. The lowest BCUT2D eigenvalue weighted by Crippen LogP contribution is -2.34. The van der Waals surface area contributed by atoms with Gasteiger partial charge in [0.15, 0.2) is 0 Å². The molecule has 0 atom stereocenters. The smallest absolute Gasteiger partial charge is 0.345 e. The third-order valence-corrected chi connectivity index (χ3v) is 6.98. The Hall–Kier alpha value is -3.06. The van der Waals surface area contributed by atoms with Gasteiger partial charge in [-0.25, -0.2) is 4.79 Å². The average molecular weight is 617 g/mol. The summed E-state index contributed by atoms with van der Waals surface area (Å²) in [6.07, 6.45) is 6.83. The van der Waals surface area contributed by atoms with Crippen LogP contribution in [0.4, 0.5) is 5.69 Å². The molecule has 0 aromatic heterocycles. The largest absolute Gasteiger partial charge is 0.494 e. The van der Waals surface area contributed by atoms with Gasteiger partial charge in [-0.1, -0.05) is 74.9 Å². The molecule has 8 heteroatoms. The summed E-state index contributed by atoms with van der Waals surface area (Å²) < 4.78 is 11.9. The lowest BCUT2D eigenvalue weighted by molar-refractivity contribution is -0.120. The van der Waals surface area contributed by atoms with Gasteiger partial charge < -0.3 is 14.8 Å². The Morgan fingerprint density at radius 1 is 0.762 bits per heavy atom. The fraction of sp³-hybridized carbons (Fsp3) is 0.412. The number of esters is 1. The molecule has 3 aromatic rings. The van der Waals surface area contributed by atoms with Crippen LogP contribution in [0.25, 0.3) is 0 Å². The molecular weight excluding hydrogens is 571 g/mol. The highest BCUT2D eigenvalue weighted by Crippen LogP contribution is 2.24. The molecular formula is C34H45Cl2N2O4+. The van der Waals surface area contributed by atoms with Crippen molar-refractivity contribution in [2.24, 2.45) is 0 Å². The zero-order valence-corrected chi connectivity index (χ0v) is 27.1. The van der Waals surface area contributed by atoms with E-state index >= 15 is 0 Å². The molecule has 1 amide bonds. The highest BCUT2D eigenvalue weighted by atomic mass is 35.5. The molecule has 0 aliphatic carbocycles. The van der Waals surface area contributed by atoms with Crippen LogP contribution >= 0.6 is 23.2 Å². The number of quaternary nitrogens is 1. The van der Waals surface area contributed by atoms with Crippen molar-refractivity contribution in [2.75, 3.05) is 34.3 Å². The van der Waals surface area contributed by atoms with Crippen LogP contribution in [0.15, 0.2) is 66.7 Å². The summed E-state index contributed by atoms with van der Waals surface area (Å²) in [5.74, 6) is 0.635. The maximum Gasteiger partial charge on any atom is 0.345 e. The molecule has 0 unspecified atom stereocenters. The Morgan fingerprint density at radius 3 is 2.00 bits per heavy atom. The standard InChI is InChI=1S/C32H38Cl2N2O4.C2H6/c1-36(2,3)26-13-10-24(11-14-26)22-31(37)35-20-8-6-4-5-7-9-21-39-27-15-17-28(18-16-27)40-32(38)29-23-25(33)12-19-30(29)34;1-2/h10-19,23H,4-9,20-22H2,1-3H3;1-2H3/p+1. The summed E-state index contributed by atoms with van der Waals surface area (Å²) in [5, 5.41) is 3.73.